The molecule has 5 nitrogen and oxygen atoms in total. The number of ether oxygens (including phenoxy) is 1. The minimum absolute atomic E-state index is 0.107. The summed E-state index contributed by atoms with van der Waals surface area (Å²) in [4.78, 5) is 19.4. The van der Waals surface area contributed by atoms with Gasteiger partial charge in [-0.25, -0.2) is 9.97 Å². The monoisotopic (exact) mass is 275 g/mol. The van der Waals surface area contributed by atoms with Crippen molar-refractivity contribution < 1.29 is 9.53 Å². The van der Waals surface area contributed by atoms with Crippen LogP contribution in [0.1, 0.15) is 19.8 Å². The van der Waals surface area contributed by atoms with E-state index in [1.165, 1.54) is 6.33 Å². The van der Waals surface area contributed by atoms with E-state index in [4.69, 9.17) is 27.9 Å². The first kappa shape index (κ1) is 12.5. The van der Waals surface area contributed by atoms with Crippen molar-refractivity contribution >= 4 is 34.9 Å². The second-order valence-electron chi connectivity index (χ2n) is 3.83. The molecule has 0 aliphatic carbocycles. The van der Waals surface area contributed by atoms with Crippen LogP contribution in [0.3, 0.4) is 0 Å². The lowest BCUT2D eigenvalue weighted by Gasteiger charge is -2.11. The molecule has 1 saturated heterocycles. The molecule has 1 N–H and O–H groups in total. The van der Waals surface area contributed by atoms with Crippen molar-refractivity contribution in [2.24, 2.45) is 0 Å². The average Bonchev–Trinajstić information content (AvgIpc) is 2.72. The molecular weight excluding hydrogens is 265 g/mol. The van der Waals surface area contributed by atoms with Gasteiger partial charge in [0.2, 0.25) is 0 Å². The number of hydrogen-bond donors (Lipinski definition) is 1. The summed E-state index contributed by atoms with van der Waals surface area (Å²) in [5.74, 6) is -0.0502. The predicted octanol–water partition coefficient (Wildman–Crippen LogP) is 2.29. The van der Waals surface area contributed by atoms with Crippen molar-refractivity contribution in [2.75, 3.05) is 5.32 Å². The highest BCUT2D eigenvalue weighted by atomic mass is 35.5. The van der Waals surface area contributed by atoms with Crippen LogP contribution < -0.4 is 5.32 Å². The van der Waals surface area contributed by atoms with Crippen LogP contribution in [0, 0.1) is 0 Å². The molecule has 0 radical (unpaired) electrons. The zero-order valence-electron chi connectivity index (χ0n) is 9.11. The van der Waals surface area contributed by atoms with Gasteiger partial charge < -0.3 is 10.1 Å². The number of anilines is 1. The normalized spacial score (nSPS) is 23.7. The Kier molecular flexibility index (Phi) is 3.81. The largest absolute Gasteiger partial charge is 0.365 e. The second kappa shape index (κ2) is 5.16. The number of amides is 1. The molecule has 0 aromatic carbocycles. The lowest BCUT2D eigenvalue weighted by Crippen LogP contribution is -2.28. The van der Waals surface area contributed by atoms with Gasteiger partial charge in [0.05, 0.1) is 6.10 Å². The van der Waals surface area contributed by atoms with Crippen LogP contribution >= 0.6 is 23.2 Å². The molecule has 0 spiro atoms. The average molecular weight is 276 g/mol. The van der Waals surface area contributed by atoms with E-state index in [0.29, 0.717) is 6.42 Å². The number of nitrogens with zero attached hydrogens (tertiary/aromatic N) is 2. The topological polar surface area (TPSA) is 64.1 Å². The molecule has 1 amide bonds. The molecule has 0 saturated carbocycles. The van der Waals surface area contributed by atoms with Crippen molar-refractivity contribution in [2.45, 2.75) is 32.0 Å². The van der Waals surface area contributed by atoms with Gasteiger partial charge in [0.15, 0.2) is 11.0 Å². The van der Waals surface area contributed by atoms with Crippen molar-refractivity contribution in [3.05, 3.63) is 16.5 Å². The first-order valence-corrected chi connectivity index (χ1v) is 5.96. The van der Waals surface area contributed by atoms with Crippen LogP contribution in [0.15, 0.2) is 6.33 Å². The van der Waals surface area contributed by atoms with Crippen molar-refractivity contribution in [1.82, 2.24) is 9.97 Å². The van der Waals surface area contributed by atoms with Crippen LogP contribution in [0.5, 0.6) is 0 Å². The summed E-state index contributed by atoms with van der Waals surface area (Å²) in [7, 11) is 0. The number of hydrogen-bond acceptors (Lipinski definition) is 4. The molecule has 1 fully saturated rings. The van der Waals surface area contributed by atoms with Crippen LogP contribution in [0.25, 0.3) is 0 Å². The van der Waals surface area contributed by atoms with Crippen LogP contribution in [0.4, 0.5) is 5.82 Å². The number of carbonyl (C=O) groups excluding carboxylic acids is 1. The van der Waals surface area contributed by atoms with Gasteiger partial charge in [-0.05, 0) is 19.8 Å². The van der Waals surface area contributed by atoms with Gasteiger partial charge in [0.1, 0.15) is 17.5 Å². The minimum Gasteiger partial charge on any atom is -0.365 e. The number of nitrogens with one attached hydrogen (secondary N) is 1. The molecular formula is C10H11Cl2N3O2. The first-order chi connectivity index (χ1) is 8.08. The van der Waals surface area contributed by atoms with E-state index in [2.05, 4.69) is 15.3 Å². The standard InChI is InChI=1S/C10H11Cl2N3O2/c1-5-2-3-6(17-5)10(16)15-9-7(11)8(12)13-4-14-9/h4-6H,2-3H2,1H3,(H,13,14,15,16). The SMILES string of the molecule is CC1CCC(C(=O)Nc2ncnc(Cl)c2Cl)O1. The molecule has 1 aromatic heterocycles. The summed E-state index contributed by atoms with van der Waals surface area (Å²) in [6.07, 6.45) is 2.46. The molecule has 7 heteroatoms. The maximum Gasteiger partial charge on any atom is 0.254 e. The molecule has 2 atom stereocenters. The van der Waals surface area contributed by atoms with Gasteiger partial charge in [0.25, 0.3) is 5.91 Å². The fraction of sp³-hybridized carbons (Fsp3) is 0.500. The Hall–Kier alpha value is -0.910. The quantitative estimate of drug-likeness (QED) is 0.842. The molecule has 1 aromatic rings. The van der Waals surface area contributed by atoms with Gasteiger partial charge >= 0.3 is 0 Å². The van der Waals surface area contributed by atoms with Gasteiger partial charge in [-0.2, -0.15) is 0 Å². The van der Waals surface area contributed by atoms with Crippen molar-refractivity contribution in [3.8, 4) is 0 Å². The summed E-state index contributed by atoms with van der Waals surface area (Å²) >= 11 is 11.6. The van der Waals surface area contributed by atoms with E-state index in [1.807, 2.05) is 6.92 Å². The predicted molar refractivity (Wildman–Crippen MR) is 64.3 cm³/mol. The van der Waals surface area contributed by atoms with Crippen LogP contribution in [-0.4, -0.2) is 28.1 Å². The third-order valence-corrected chi connectivity index (χ3v) is 3.25. The Bertz CT molecular complexity index is 442. The number of aromatic nitrogens is 2. The highest BCUT2D eigenvalue weighted by Gasteiger charge is 2.28. The highest BCUT2D eigenvalue weighted by Crippen LogP contribution is 2.26. The Labute approximate surface area is 108 Å². The maximum absolute atomic E-state index is 11.8. The van der Waals surface area contributed by atoms with Crippen LogP contribution in [-0.2, 0) is 9.53 Å². The lowest BCUT2D eigenvalue weighted by atomic mass is 10.2. The Morgan fingerprint density at radius 2 is 2.24 bits per heavy atom. The summed E-state index contributed by atoms with van der Waals surface area (Å²) in [5.41, 5.74) is 0. The fourth-order valence-corrected chi connectivity index (χ4v) is 1.91. The van der Waals surface area contributed by atoms with Gasteiger partial charge in [-0.3, -0.25) is 4.79 Å². The van der Waals surface area contributed by atoms with E-state index in [9.17, 15) is 4.79 Å². The third kappa shape index (κ3) is 2.86. The summed E-state index contributed by atoms with van der Waals surface area (Å²) < 4.78 is 5.43. The molecule has 2 rings (SSSR count). The second-order valence-corrected chi connectivity index (χ2v) is 4.56. The zero-order chi connectivity index (χ0) is 12.4. The van der Waals surface area contributed by atoms with Gasteiger partial charge in [-0.15, -0.1) is 0 Å². The van der Waals surface area contributed by atoms with E-state index in [0.717, 1.165) is 6.42 Å². The maximum atomic E-state index is 11.8. The smallest absolute Gasteiger partial charge is 0.254 e. The molecule has 17 heavy (non-hydrogen) atoms. The summed E-state index contributed by atoms with van der Waals surface area (Å²) in [6.45, 7) is 1.93. The molecule has 2 unspecified atom stereocenters. The Morgan fingerprint density at radius 3 is 2.88 bits per heavy atom. The van der Waals surface area contributed by atoms with E-state index >= 15 is 0 Å². The molecule has 1 aliphatic rings. The number of carbonyl (C=O) groups is 1. The summed E-state index contributed by atoms with van der Waals surface area (Å²) in [6, 6.07) is 0. The van der Waals surface area contributed by atoms with E-state index < -0.39 is 6.10 Å². The number of halogens is 2. The van der Waals surface area contributed by atoms with E-state index in [-0.39, 0.29) is 28.0 Å². The first-order valence-electron chi connectivity index (χ1n) is 5.20. The molecule has 1 aliphatic heterocycles. The lowest BCUT2D eigenvalue weighted by molar-refractivity contribution is -0.126. The number of rotatable bonds is 2. The fourth-order valence-electron chi connectivity index (χ4n) is 1.63. The highest BCUT2D eigenvalue weighted by molar-refractivity contribution is 6.42. The molecule has 92 valence electrons. The van der Waals surface area contributed by atoms with Gasteiger partial charge in [-0.1, -0.05) is 23.2 Å². The van der Waals surface area contributed by atoms with Gasteiger partial charge in [0, 0.05) is 0 Å². The third-order valence-electron chi connectivity index (χ3n) is 2.51. The Morgan fingerprint density at radius 1 is 1.47 bits per heavy atom. The zero-order valence-corrected chi connectivity index (χ0v) is 10.6. The van der Waals surface area contributed by atoms with Crippen molar-refractivity contribution in [3.63, 3.8) is 0 Å². The summed E-state index contributed by atoms with van der Waals surface area (Å²) in [5, 5.41) is 2.82. The van der Waals surface area contributed by atoms with E-state index in [1.54, 1.807) is 0 Å². The van der Waals surface area contributed by atoms with Crippen LogP contribution in [0.2, 0.25) is 10.2 Å². The molecule has 2 heterocycles. The minimum atomic E-state index is -0.449. The van der Waals surface area contributed by atoms with Crippen molar-refractivity contribution in [1.29, 1.82) is 0 Å². The Balaban J connectivity index is 2.06. The molecule has 0 bridgehead atoms.